The minimum Gasteiger partial charge on any atom is -0.543 e. The number of aromatic nitrogens is 2. The predicted octanol–water partition coefficient (Wildman–Crippen LogP) is -0.756. The lowest BCUT2D eigenvalue weighted by Crippen LogP contribution is -3.13. The number of carbonyl (C=O) groups excluding carboxylic acids is 1. The van der Waals surface area contributed by atoms with Crippen molar-refractivity contribution in [2.24, 2.45) is 0 Å². The Morgan fingerprint density at radius 3 is 2.61 bits per heavy atom. The number of aromatic carboxylic acids is 1. The Balaban J connectivity index is 1.57. The van der Waals surface area contributed by atoms with Crippen molar-refractivity contribution < 1.29 is 19.5 Å². The Kier molecular flexibility index (Phi) is 5.18. The molecule has 0 saturated carbocycles. The fourth-order valence-electron chi connectivity index (χ4n) is 3.72. The fourth-order valence-corrected chi connectivity index (χ4v) is 3.72. The maximum atomic E-state index is 12.8. The Morgan fingerprint density at radius 2 is 1.86 bits per heavy atom. The lowest BCUT2D eigenvalue weighted by atomic mass is 10.1. The zero-order chi connectivity index (χ0) is 19.5. The van der Waals surface area contributed by atoms with Crippen LogP contribution in [-0.2, 0) is 17.8 Å². The van der Waals surface area contributed by atoms with Gasteiger partial charge in [0.1, 0.15) is 31.4 Å². The highest BCUT2D eigenvalue weighted by Gasteiger charge is 2.25. The van der Waals surface area contributed by atoms with Crippen LogP contribution in [0.4, 0.5) is 0 Å². The monoisotopic (exact) mass is 379 g/mol. The van der Waals surface area contributed by atoms with Crippen molar-refractivity contribution in [1.82, 2.24) is 9.78 Å². The topological polar surface area (TPSA) is 88.7 Å². The van der Waals surface area contributed by atoms with Crippen LogP contribution in [0.3, 0.4) is 0 Å². The molecule has 0 bridgehead atoms. The molecule has 1 N–H and O–H groups in total. The lowest BCUT2D eigenvalue weighted by molar-refractivity contribution is -0.925. The summed E-state index contributed by atoms with van der Waals surface area (Å²) in [4.78, 5) is 25.6. The van der Waals surface area contributed by atoms with E-state index in [2.05, 4.69) is 17.2 Å². The first-order chi connectivity index (χ1) is 13.6. The van der Waals surface area contributed by atoms with Crippen LogP contribution in [0.2, 0.25) is 0 Å². The molecule has 0 radical (unpaired) electrons. The number of carbonyl (C=O) groups is 1. The van der Waals surface area contributed by atoms with Gasteiger partial charge in [-0.15, -0.1) is 0 Å². The van der Waals surface area contributed by atoms with Crippen molar-refractivity contribution in [3.8, 4) is 0 Å². The van der Waals surface area contributed by atoms with E-state index in [0.717, 1.165) is 19.6 Å². The maximum Gasteiger partial charge on any atom is 0.274 e. The standard InChI is InChI=1S/C21H21N3O4/c25-20-18-9-5-4-8-17(18)19(21(26)27)22-24(20)14-16-13-23(10-11-28-16)12-15-6-2-1-3-7-15/h1-9,16H,10-14H2,(H,26,27)/t16-/m1/s1. The van der Waals surface area contributed by atoms with E-state index in [1.807, 2.05) is 18.2 Å². The predicted molar refractivity (Wildman–Crippen MR) is 101 cm³/mol. The van der Waals surface area contributed by atoms with Gasteiger partial charge in [-0.3, -0.25) is 4.79 Å². The molecule has 3 aromatic rings. The van der Waals surface area contributed by atoms with E-state index >= 15 is 0 Å². The van der Waals surface area contributed by atoms with E-state index in [4.69, 9.17) is 4.74 Å². The van der Waals surface area contributed by atoms with Crippen LogP contribution < -0.4 is 15.6 Å². The van der Waals surface area contributed by atoms with Crippen molar-refractivity contribution in [3.05, 3.63) is 76.2 Å². The van der Waals surface area contributed by atoms with Gasteiger partial charge in [-0.2, -0.15) is 5.10 Å². The van der Waals surface area contributed by atoms with Gasteiger partial charge >= 0.3 is 0 Å². The molecule has 1 aromatic heterocycles. The van der Waals surface area contributed by atoms with Gasteiger partial charge in [-0.05, 0) is 6.07 Å². The Labute approximate surface area is 161 Å². The summed E-state index contributed by atoms with van der Waals surface area (Å²) in [6.07, 6.45) is -0.214. The molecular weight excluding hydrogens is 358 g/mol. The lowest BCUT2D eigenvalue weighted by Gasteiger charge is -2.30. The molecule has 28 heavy (non-hydrogen) atoms. The normalized spacial score (nSPS) is 19.6. The van der Waals surface area contributed by atoms with Crippen LogP contribution in [0.15, 0.2) is 59.4 Å². The number of morpholine rings is 1. The molecule has 1 saturated heterocycles. The second kappa shape index (κ2) is 7.92. The first-order valence-electron chi connectivity index (χ1n) is 9.32. The molecule has 2 aromatic carbocycles. The molecule has 7 nitrogen and oxygen atoms in total. The van der Waals surface area contributed by atoms with E-state index in [9.17, 15) is 14.7 Å². The summed E-state index contributed by atoms with van der Waals surface area (Å²) in [5.41, 5.74) is 0.706. The molecule has 0 spiro atoms. The number of fused-ring (bicyclic) bond motifs is 1. The van der Waals surface area contributed by atoms with Gasteiger partial charge in [0.25, 0.3) is 5.56 Å². The van der Waals surface area contributed by atoms with Crippen LogP contribution in [0.5, 0.6) is 0 Å². The molecule has 1 aliphatic rings. The number of quaternary nitrogens is 1. The number of benzene rings is 2. The van der Waals surface area contributed by atoms with Gasteiger partial charge in [0, 0.05) is 10.9 Å². The van der Waals surface area contributed by atoms with Crippen LogP contribution in [0.1, 0.15) is 16.1 Å². The first kappa shape index (κ1) is 18.3. The molecular formula is C21H21N3O4. The second-order valence-electron chi connectivity index (χ2n) is 7.03. The third kappa shape index (κ3) is 3.81. The summed E-state index contributed by atoms with van der Waals surface area (Å²) in [6.45, 7) is 3.28. The highest BCUT2D eigenvalue weighted by atomic mass is 16.5. The number of hydrogen-bond donors (Lipinski definition) is 1. The highest BCUT2D eigenvalue weighted by Crippen LogP contribution is 2.13. The third-order valence-electron chi connectivity index (χ3n) is 5.06. The van der Waals surface area contributed by atoms with E-state index in [-0.39, 0.29) is 23.9 Å². The van der Waals surface area contributed by atoms with Crippen molar-refractivity contribution in [1.29, 1.82) is 0 Å². The summed E-state index contributed by atoms with van der Waals surface area (Å²) in [5, 5.41) is 16.2. The van der Waals surface area contributed by atoms with E-state index in [1.54, 1.807) is 24.3 Å². The number of hydrogen-bond acceptors (Lipinski definition) is 5. The summed E-state index contributed by atoms with van der Waals surface area (Å²) in [6, 6.07) is 16.8. The van der Waals surface area contributed by atoms with Crippen molar-refractivity contribution in [2.75, 3.05) is 19.7 Å². The largest absolute Gasteiger partial charge is 0.543 e. The van der Waals surface area contributed by atoms with Gasteiger partial charge in [0.15, 0.2) is 0 Å². The number of rotatable bonds is 5. The Bertz CT molecular complexity index is 1050. The Hall–Kier alpha value is -3.03. The quantitative estimate of drug-likeness (QED) is 0.630. The third-order valence-corrected chi connectivity index (χ3v) is 5.06. The number of nitrogens with one attached hydrogen (secondary N) is 1. The Morgan fingerprint density at radius 1 is 1.14 bits per heavy atom. The SMILES string of the molecule is O=C([O-])c1nn(C[C@H]2C[NH+](Cc3ccccc3)CCO2)c(=O)c2ccccc12. The number of carboxylic acids is 1. The van der Waals surface area contributed by atoms with E-state index in [0.29, 0.717) is 17.4 Å². The van der Waals surface area contributed by atoms with Crippen molar-refractivity contribution in [3.63, 3.8) is 0 Å². The average molecular weight is 379 g/mol. The van der Waals surface area contributed by atoms with E-state index in [1.165, 1.54) is 15.1 Å². The second-order valence-corrected chi connectivity index (χ2v) is 7.03. The van der Waals surface area contributed by atoms with Gasteiger partial charge < -0.3 is 19.5 Å². The molecule has 1 fully saturated rings. The molecule has 144 valence electrons. The molecule has 7 heteroatoms. The molecule has 1 aliphatic heterocycles. The van der Waals surface area contributed by atoms with Crippen LogP contribution >= 0.6 is 0 Å². The summed E-state index contributed by atoms with van der Waals surface area (Å²) >= 11 is 0. The summed E-state index contributed by atoms with van der Waals surface area (Å²) in [7, 11) is 0. The zero-order valence-electron chi connectivity index (χ0n) is 15.3. The number of carboxylic acid groups (broad SMARTS) is 1. The highest BCUT2D eigenvalue weighted by molar-refractivity contribution is 6.00. The van der Waals surface area contributed by atoms with Crippen LogP contribution in [0, 0.1) is 0 Å². The summed E-state index contributed by atoms with van der Waals surface area (Å²) < 4.78 is 7.03. The van der Waals surface area contributed by atoms with Gasteiger partial charge in [-0.1, -0.05) is 48.5 Å². The minimum absolute atomic E-state index is 0.211. The van der Waals surface area contributed by atoms with E-state index < -0.39 is 5.97 Å². The molecule has 1 unspecified atom stereocenters. The molecule has 0 aliphatic carbocycles. The molecule has 0 amide bonds. The van der Waals surface area contributed by atoms with Gasteiger partial charge in [0.2, 0.25) is 0 Å². The molecule has 2 atom stereocenters. The zero-order valence-corrected chi connectivity index (χ0v) is 15.3. The summed E-state index contributed by atoms with van der Waals surface area (Å²) in [5.74, 6) is -1.40. The van der Waals surface area contributed by atoms with Crippen molar-refractivity contribution in [2.45, 2.75) is 19.2 Å². The average Bonchev–Trinajstić information content (AvgIpc) is 2.71. The van der Waals surface area contributed by atoms with Crippen LogP contribution in [0.25, 0.3) is 10.8 Å². The van der Waals surface area contributed by atoms with Gasteiger partial charge in [0.05, 0.1) is 24.5 Å². The smallest absolute Gasteiger partial charge is 0.274 e. The van der Waals surface area contributed by atoms with Gasteiger partial charge in [-0.25, -0.2) is 4.68 Å². The fraction of sp³-hybridized carbons (Fsp3) is 0.286. The first-order valence-corrected chi connectivity index (χ1v) is 9.32. The number of nitrogens with zero attached hydrogens (tertiary/aromatic N) is 2. The molecule has 2 heterocycles. The maximum absolute atomic E-state index is 12.8. The van der Waals surface area contributed by atoms with Crippen molar-refractivity contribution >= 4 is 16.7 Å². The number of ether oxygens (including phenoxy) is 1. The molecule has 4 rings (SSSR count). The van der Waals surface area contributed by atoms with Crippen LogP contribution in [-0.4, -0.2) is 41.6 Å². The minimum atomic E-state index is -1.40.